The molecule has 3 nitrogen and oxygen atoms in total. The molecule has 2 N–H and O–H groups in total. The number of nitrogens with one attached hydrogen (secondary N) is 1. The van der Waals surface area contributed by atoms with Gasteiger partial charge in [-0.05, 0) is 12.8 Å². The van der Waals surface area contributed by atoms with Gasteiger partial charge in [0.15, 0.2) is 0 Å². The standard InChI is InChI=1S/C21H40N2O/c1-2-3-4-5-6-7-8-9-10-11-12-13-14-15-16-21-22-17-18-23(21)19-20-24/h14-15,17-18,21-22,24H,2-13,16,19-20H2,1H3/b15-14+. The summed E-state index contributed by atoms with van der Waals surface area (Å²) in [6, 6.07) is 0. The van der Waals surface area contributed by atoms with E-state index in [2.05, 4.69) is 29.3 Å². The van der Waals surface area contributed by atoms with Crippen molar-refractivity contribution in [2.75, 3.05) is 13.2 Å². The molecule has 1 aliphatic rings. The van der Waals surface area contributed by atoms with Gasteiger partial charge < -0.3 is 15.3 Å². The van der Waals surface area contributed by atoms with Gasteiger partial charge in [-0.3, -0.25) is 0 Å². The Morgan fingerprint density at radius 1 is 0.917 bits per heavy atom. The highest BCUT2D eigenvalue weighted by molar-refractivity contribution is 4.97. The second-order valence-electron chi connectivity index (χ2n) is 6.99. The Bertz CT molecular complexity index is 328. The highest BCUT2D eigenvalue weighted by Gasteiger charge is 2.15. The van der Waals surface area contributed by atoms with E-state index in [1.54, 1.807) is 0 Å². The summed E-state index contributed by atoms with van der Waals surface area (Å²) >= 11 is 0. The minimum Gasteiger partial charge on any atom is -0.395 e. The molecule has 1 aliphatic heterocycles. The smallest absolute Gasteiger partial charge is 0.102 e. The van der Waals surface area contributed by atoms with Crippen LogP contribution in [0, 0.1) is 0 Å². The minimum absolute atomic E-state index is 0.213. The van der Waals surface area contributed by atoms with Gasteiger partial charge in [-0.2, -0.15) is 0 Å². The SMILES string of the molecule is CCCCCCCCCCCCC/C=C/CC1NC=CN1CCO. The molecule has 0 bridgehead atoms. The molecule has 1 heterocycles. The van der Waals surface area contributed by atoms with Gasteiger partial charge in [-0.25, -0.2) is 0 Å². The molecule has 0 aliphatic carbocycles. The van der Waals surface area contributed by atoms with Crippen LogP contribution in [-0.4, -0.2) is 29.3 Å². The molecule has 140 valence electrons. The fourth-order valence-corrected chi connectivity index (χ4v) is 3.27. The molecule has 0 saturated carbocycles. The molecule has 24 heavy (non-hydrogen) atoms. The molecule has 1 atom stereocenters. The number of allylic oxidation sites excluding steroid dienone is 1. The number of nitrogens with zero attached hydrogens (tertiary/aromatic N) is 1. The van der Waals surface area contributed by atoms with Crippen molar-refractivity contribution in [2.24, 2.45) is 0 Å². The summed E-state index contributed by atoms with van der Waals surface area (Å²) in [5.41, 5.74) is 0. The van der Waals surface area contributed by atoms with Gasteiger partial charge in [0.05, 0.1) is 6.61 Å². The normalized spacial score (nSPS) is 17.1. The Hall–Kier alpha value is -0.960. The van der Waals surface area contributed by atoms with Crippen LogP contribution in [0.5, 0.6) is 0 Å². The Balaban J connectivity index is 1.83. The van der Waals surface area contributed by atoms with Gasteiger partial charge in [0.2, 0.25) is 0 Å². The Labute approximate surface area is 150 Å². The van der Waals surface area contributed by atoms with E-state index in [0.717, 1.165) is 6.42 Å². The van der Waals surface area contributed by atoms with Crippen molar-refractivity contribution in [3.8, 4) is 0 Å². The van der Waals surface area contributed by atoms with Crippen LogP contribution >= 0.6 is 0 Å². The van der Waals surface area contributed by atoms with E-state index < -0.39 is 0 Å². The monoisotopic (exact) mass is 336 g/mol. The lowest BCUT2D eigenvalue weighted by molar-refractivity contribution is 0.202. The maximum Gasteiger partial charge on any atom is 0.102 e. The summed E-state index contributed by atoms with van der Waals surface area (Å²) in [6.07, 6.45) is 26.6. The summed E-state index contributed by atoms with van der Waals surface area (Å²) in [7, 11) is 0. The van der Waals surface area contributed by atoms with E-state index in [9.17, 15) is 0 Å². The Morgan fingerprint density at radius 3 is 2.17 bits per heavy atom. The summed E-state index contributed by atoms with van der Waals surface area (Å²) in [5, 5.41) is 12.3. The number of β-amino-alcohol motifs (C(OH)–C–C–N with tert-alkyl or cyclic N) is 1. The van der Waals surface area contributed by atoms with Crippen LogP contribution in [0.1, 0.15) is 90.4 Å². The van der Waals surface area contributed by atoms with E-state index in [1.807, 2.05) is 12.4 Å². The topological polar surface area (TPSA) is 35.5 Å². The molecule has 0 saturated heterocycles. The average molecular weight is 337 g/mol. The first-order chi connectivity index (χ1) is 11.9. The predicted octanol–water partition coefficient (Wildman–Crippen LogP) is 5.33. The molecule has 3 heteroatoms. The molecule has 0 aromatic rings. The van der Waals surface area contributed by atoms with Crippen LogP contribution in [0.4, 0.5) is 0 Å². The molecule has 0 radical (unpaired) electrons. The van der Waals surface area contributed by atoms with Gasteiger partial charge in [0.1, 0.15) is 6.17 Å². The van der Waals surface area contributed by atoms with E-state index in [0.29, 0.717) is 12.7 Å². The van der Waals surface area contributed by atoms with Crippen LogP contribution in [-0.2, 0) is 0 Å². The van der Waals surface area contributed by atoms with Gasteiger partial charge in [0, 0.05) is 25.4 Å². The molecule has 0 fully saturated rings. The number of aliphatic hydroxyl groups excluding tert-OH is 1. The van der Waals surface area contributed by atoms with Crippen LogP contribution < -0.4 is 5.32 Å². The molecule has 0 aromatic carbocycles. The maximum absolute atomic E-state index is 9.02. The maximum atomic E-state index is 9.02. The quantitative estimate of drug-likeness (QED) is 0.295. The zero-order chi connectivity index (χ0) is 17.3. The first-order valence-corrected chi connectivity index (χ1v) is 10.3. The number of unbranched alkanes of at least 4 members (excludes halogenated alkanes) is 11. The van der Waals surface area contributed by atoms with Crippen LogP contribution in [0.15, 0.2) is 24.6 Å². The summed E-state index contributed by atoms with van der Waals surface area (Å²) < 4.78 is 0. The molecule has 1 rings (SSSR count). The van der Waals surface area contributed by atoms with Crippen molar-refractivity contribution in [1.29, 1.82) is 0 Å². The summed E-state index contributed by atoms with van der Waals surface area (Å²) in [6.45, 7) is 3.20. The number of rotatable bonds is 16. The molecular formula is C21H40N2O. The molecule has 1 unspecified atom stereocenters. The highest BCUT2D eigenvalue weighted by Crippen LogP contribution is 2.13. The fraction of sp³-hybridized carbons (Fsp3) is 0.810. The van der Waals surface area contributed by atoms with E-state index >= 15 is 0 Å². The zero-order valence-corrected chi connectivity index (χ0v) is 15.9. The lowest BCUT2D eigenvalue weighted by atomic mass is 10.1. The van der Waals surface area contributed by atoms with Crippen molar-refractivity contribution in [3.05, 3.63) is 24.6 Å². The Kier molecular flexibility index (Phi) is 13.7. The van der Waals surface area contributed by atoms with Crippen molar-refractivity contribution < 1.29 is 5.11 Å². The first kappa shape index (κ1) is 21.1. The van der Waals surface area contributed by atoms with E-state index in [-0.39, 0.29) is 6.61 Å². The first-order valence-electron chi connectivity index (χ1n) is 10.3. The lowest BCUT2D eigenvalue weighted by Crippen LogP contribution is -2.36. The molecular weight excluding hydrogens is 296 g/mol. The predicted molar refractivity (Wildman–Crippen MR) is 105 cm³/mol. The van der Waals surface area contributed by atoms with E-state index in [4.69, 9.17) is 5.11 Å². The Morgan fingerprint density at radius 2 is 1.54 bits per heavy atom. The van der Waals surface area contributed by atoms with Crippen molar-refractivity contribution >= 4 is 0 Å². The summed E-state index contributed by atoms with van der Waals surface area (Å²) in [4.78, 5) is 2.16. The highest BCUT2D eigenvalue weighted by atomic mass is 16.3. The van der Waals surface area contributed by atoms with E-state index in [1.165, 1.54) is 77.0 Å². The number of aliphatic hydroxyl groups is 1. The third-order valence-corrected chi connectivity index (χ3v) is 4.81. The van der Waals surface area contributed by atoms with Crippen molar-refractivity contribution in [3.63, 3.8) is 0 Å². The van der Waals surface area contributed by atoms with Gasteiger partial charge >= 0.3 is 0 Å². The lowest BCUT2D eigenvalue weighted by Gasteiger charge is -2.23. The second kappa shape index (κ2) is 15.6. The van der Waals surface area contributed by atoms with Gasteiger partial charge in [-0.15, -0.1) is 0 Å². The van der Waals surface area contributed by atoms with Gasteiger partial charge in [0.25, 0.3) is 0 Å². The summed E-state index contributed by atoms with van der Waals surface area (Å²) in [5.74, 6) is 0. The zero-order valence-electron chi connectivity index (χ0n) is 15.9. The molecule has 0 spiro atoms. The van der Waals surface area contributed by atoms with Crippen LogP contribution in [0.25, 0.3) is 0 Å². The van der Waals surface area contributed by atoms with Crippen molar-refractivity contribution in [1.82, 2.24) is 10.2 Å². The van der Waals surface area contributed by atoms with Gasteiger partial charge in [-0.1, -0.05) is 83.3 Å². The number of hydrogen-bond donors (Lipinski definition) is 2. The third-order valence-electron chi connectivity index (χ3n) is 4.81. The van der Waals surface area contributed by atoms with Crippen LogP contribution in [0.2, 0.25) is 0 Å². The molecule has 0 aromatic heterocycles. The van der Waals surface area contributed by atoms with Crippen LogP contribution in [0.3, 0.4) is 0 Å². The number of hydrogen-bond acceptors (Lipinski definition) is 3. The minimum atomic E-state index is 0.213. The largest absolute Gasteiger partial charge is 0.395 e. The fourth-order valence-electron chi connectivity index (χ4n) is 3.27. The third kappa shape index (κ3) is 10.7. The second-order valence-corrected chi connectivity index (χ2v) is 6.99. The average Bonchev–Trinajstić information content (AvgIpc) is 3.03. The van der Waals surface area contributed by atoms with Crippen molar-refractivity contribution in [2.45, 2.75) is 96.6 Å². The molecule has 0 amide bonds.